The summed E-state index contributed by atoms with van der Waals surface area (Å²) in [5.41, 5.74) is 0.966. The van der Waals surface area contributed by atoms with Crippen molar-refractivity contribution in [3.05, 3.63) is 48.3 Å². The van der Waals surface area contributed by atoms with Crippen molar-refractivity contribution >= 4 is 21.6 Å². The van der Waals surface area contributed by atoms with Gasteiger partial charge in [0, 0.05) is 25.4 Å². The van der Waals surface area contributed by atoms with Gasteiger partial charge in [-0.2, -0.15) is 4.72 Å². The minimum Gasteiger partial charge on any atom is -0.497 e. The highest BCUT2D eigenvalue weighted by Crippen LogP contribution is 2.33. The number of rotatable bonds is 3. The minimum absolute atomic E-state index is 0.0712. The molecule has 1 amide bonds. The van der Waals surface area contributed by atoms with Crippen LogP contribution in [0.1, 0.15) is 23.3 Å². The first-order valence-corrected chi connectivity index (χ1v) is 10.6. The Bertz CT molecular complexity index is 973. The standard InChI is InChI=1S/C19H22N4O4S/c1-27-14-5-6-17-16(12-14)21-18(22-28(17,25)26)13-7-10-23(11-8-13)19(24)15-4-2-3-9-20-15/h2-6,9,12-13,18,21-22H,7-8,10-11H2,1H3. The number of likely N-dealkylation sites (tertiary alicyclic amines) is 1. The Morgan fingerprint density at radius 1 is 1.21 bits per heavy atom. The number of anilines is 1. The summed E-state index contributed by atoms with van der Waals surface area (Å²) in [7, 11) is -2.05. The average molecular weight is 402 g/mol. The summed E-state index contributed by atoms with van der Waals surface area (Å²) < 4.78 is 33.2. The van der Waals surface area contributed by atoms with Crippen molar-refractivity contribution in [3.63, 3.8) is 0 Å². The fourth-order valence-corrected chi connectivity index (χ4v) is 5.08. The van der Waals surface area contributed by atoms with Crippen LogP contribution in [0.3, 0.4) is 0 Å². The van der Waals surface area contributed by atoms with Gasteiger partial charge in [0.2, 0.25) is 10.0 Å². The highest BCUT2D eigenvalue weighted by atomic mass is 32.2. The number of amides is 1. The van der Waals surface area contributed by atoms with Gasteiger partial charge in [-0.1, -0.05) is 6.07 Å². The van der Waals surface area contributed by atoms with E-state index in [0.29, 0.717) is 43.1 Å². The lowest BCUT2D eigenvalue weighted by molar-refractivity contribution is 0.0673. The number of carbonyl (C=O) groups is 1. The fraction of sp³-hybridized carbons (Fsp3) is 0.368. The maximum atomic E-state index is 12.6. The molecular weight excluding hydrogens is 380 g/mol. The largest absolute Gasteiger partial charge is 0.497 e. The lowest BCUT2D eigenvalue weighted by Crippen LogP contribution is -2.52. The second-order valence-electron chi connectivity index (χ2n) is 6.95. The van der Waals surface area contributed by atoms with E-state index in [4.69, 9.17) is 4.74 Å². The molecule has 1 saturated heterocycles. The second kappa shape index (κ2) is 7.40. The Labute approximate surface area is 164 Å². The van der Waals surface area contributed by atoms with Crippen LogP contribution in [0.5, 0.6) is 5.75 Å². The Kier molecular flexibility index (Phi) is 4.94. The van der Waals surface area contributed by atoms with Crippen LogP contribution in [0, 0.1) is 5.92 Å². The first-order chi connectivity index (χ1) is 13.5. The fourth-order valence-electron chi connectivity index (χ4n) is 3.71. The van der Waals surface area contributed by atoms with Crippen molar-refractivity contribution in [3.8, 4) is 5.75 Å². The van der Waals surface area contributed by atoms with Gasteiger partial charge in [0.25, 0.3) is 5.91 Å². The van der Waals surface area contributed by atoms with Gasteiger partial charge in [-0.25, -0.2) is 8.42 Å². The number of fused-ring (bicyclic) bond motifs is 1. The van der Waals surface area contributed by atoms with E-state index in [1.54, 1.807) is 48.5 Å². The molecule has 0 aliphatic carbocycles. The van der Waals surface area contributed by atoms with Crippen molar-refractivity contribution in [2.24, 2.45) is 5.92 Å². The third-order valence-electron chi connectivity index (χ3n) is 5.25. The van der Waals surface area contributed by atoms with Crippen LogP contribution in [-0.2, 0) is 10.0 Å². The quantitative estimate of drug-likeness (QED) is 0.810. The van der Waals surface area contributed by atoms with Crippen LogP contribution in [-0.4, -0.2) is 50.6 Å². The monoisotopic (exact) mass is 402 g/mol. The smallest absolute Gasteiger partial charge is 0.272 e. The number of pyridine rings is 1. The SMILES string of the molecule is COc1ccc2c(c1)NC(C1CCN(C(=O)c3ccccn3)CC1)NS2(=O)=O. The molecule has 2 aliphatic rings. The Morgan fingerprint density at radius 3 is 2.68 bits per heavy atom. The van der Waals surface area contributed by atoms with Gasteiger partial charge in [0.05, 0.1) is 19.0 Å². The van der Waals surface area contributed by atoms with Crippen LogP contribution < -0.4 is 14.8 Å². The summed E-state index contributed by atoms with van der Waals surface area (Å²) in [5.74, 6) is 0.575. The molecule has 1 unspecified atom stereocenters. The number of sulfonamides is 1. The normalized spacial score (nSPS) is 21.5. The predicted molar refractivity (Wildman–Crippen MR) is 104 cm³/mol. The zero-order valence-electron chi connectivity index (χ0n) is 15.5. The number of benzene rings is 1. The third-order valence-corrected chi connectivity index (χ3v) is 6.75. The van der Waals surface area contributed by atoms with Gasteiger partial charge in [-0.3, -0.25) is 9.78 Å². The number of hydrogen-bond acceptors (Lipinski definition) is 6. The number of ether oxygens (including phenoxy) is 1. The molecule has 9 heteroatoms. The molecule has 2 N–H and O–H groups in total. The van der Waals surface area contributed by atoms with Crippen molar-refractivity contribution in [1.29, 1.82) is 0 Å². The number of nitrogens with zero attached hydrogens (tertiary/aromatic N) is 2. The second-order valence-corrected chi connectivity index (χ2v) is 8.63. The van der Waals surface area contributed by atoms with Crippen molar-refractivity contribution < 1.29 is 17.9 Å². The lowest BCUT2D eigenvalue weighted by atomic mass is 9.93. The number of methoxy groups -OCH3 is 1. The summed E-state index contributed by atoms with van der Waals surface area (Å²) in [6.07, 6.45) is 2.57. The molecule has 3 heterocycles. The van der Waals surface area contributed by atoms with Crippen molar-refractivity contribution in [2.45, 2.75) is 23.9 Å². The summed E-state index contributed by atoms with van der Waals surface area (Å²) >= 11 is 0. The zero-order valence-corrected chi connectivity index (χ0v) is 16.3. The Hall–Kier alpha value is -2.65. The summed E-state index contributed by atoms with van der Waals surface area (Å²) in [6, 6.07) is 10.1. The van der Waals surface area contributed by atoms with Gasteiger partial charge in [0.1, 0.15) is 16.3 Å². The van der Waals surface area contributed by atoms with Crippen molar-refractivity contribution in [2.75, 3.05) is 25.5 Å². The first kappa shape index (κ1) is 18.7. The molecule has 1 aromatic carbocycles. The highest BCUT2D eigenvalue weighted by molar-refractivity contribution is 7.89. The van der Waals surface area contributed by atoms with E-state index in [9.17, 15) is 13.2 Å². The van der Waals surface area contributed by atoms with Gasteiger partial charge in [0.15, 0.2) is 0 Å². The summed E-state index contributed by atoms with van der Waals surface area (Å²) in [5, 5.41) is 3.29. The third kappa shape index (κ3) is 3.55. The van der Waals surface area contributed by atoms with E-state index < -0.39 is 16.2 Å². The number of hydrogen-bond donors (Lipinski definition) is 2. The van der Waals surface area contributed by atoms with E-state index in [-0.39, 0.29) is 16.7 Å². The van der Waals surface area contributed by atoms with Crippen LogP contribution in [0.25, 0.3) is 0 Å². The van der Waals surface area contributed by atoms with Crippen LogP contribution in [0.15, 0.2) is 47.5 Å². The number of carbonyl (C=O) groups excluding carboxylic acids is 1. The van der Waals surface area contributed by atoms with Crippen LogP contribution in [0.2, 0.25) is 0 Å². The van der Waals surface area contributed by atoms with Gasteiger partial charge >= 0.3 is 0 Å². The first-order valence-electron chi connectivity index (χ1n) is 9.15. The van der Waals surface area contributed by atoms with Gasteiger partial charge in [-0.05, 0) is 43.0 Å². The molecule has 2 aliphatic heterocycles. The number of piperidine rings is 1. The summed E-state index contributed by atoms with van der Waals surface area (Å²) in [4.78, 5) is 18.6. The molecule has 0 bridgehead atoms. The molecule has 8 nitrogen and oxygen atoms in total. The molecule has 0 spiro atoms. The molecule has 0 saturated carbocycles. The summed E-state index contributed by atoms with van der Waals surface area (Å²) in [6.45, 7) is 1.12. The molecule has 1 aromatic heterocycles. The molecular formula is C19H22N4O4S. The van der Waals surface area contributed by atoms with Crippen LogP contribution >= 0.6 is 0 Å². The van der Waals surface area contributed by atoms with E-state index >= 15 is 0 Å². The maximum absolute atomic E-state index is 12.6. The Morgan fingerprint density at radius 2 is 2.00 bits per heavy atom. The predicted octanol–water partition coefficient (Wildman–Crippen LogP) is 1.67. The molecule has 0 radical (unpaired) electrons. The number of nitrogens with one attached hydrogen (secondary N) is 2. The van der Waals surface area contributed by atoms with Gasteiger partial charge in [-0.15, -0.1) is 0 Å². The van der Waals surface area contributed by atoms with E-state index in [0.717, 1.165) is 0 Å². The van der Waals surface area contributed by atoms with Crippen LogP contribution in [0.4, 0.5) is 5.69 Å². The zero-order chi connectivity index (χ0) is 19.7. The van der Waals surface area contributed by atoms with E-state index in [1.165, 1.54) is 6.07 Å². The minimum atomic E-state index is -3.60. The van der Waals surface area contributed by atoms with E-state index in [2.05, 4.69) is 15.0 Å². The molecule has 2 aromatic rings. The molecule has 1 fully saturated rings. The number of aromatic nitrogens is 1. The lowest BCUT2D eigenvalue weighted by Gasteiger charge is -2.38. The molecule has 4 rings (SSSR count). The topological polar surface area (TPSA) is 101 Å². The average Bonchev–Trinajstić information content (AvgIpc) is 2.73. The maximum Gasteiger partial charge on any atom is 0.272 e. The van der Waals surface area contributed by atoms with Crippen molar-refractivity contribution in [1.82, 2.24) is 14.6 Å². The molecule has 28 heavy (non-hydrogen) atoms. The van der Waals surface area contributed by atoms with E-state index in [1.807, 2.05) is 0 Å². The molecule has 148 valence electrons. The van der Waals surface area contributed by atoms with Gasteiger partial charge < -0.3 is 15.0 Å². The highest BCUT2D eigenvalue weighted by Gasteiger charge is 2.36. The molecule has 1 atom stereocenters. The Balaban J connectivity index is 1.46.